The third-order valence-electron chi connectivity index (χ3n) is 5.08. The first-order valence-electron chi connectivity index (χ1n) is 7.44. The number of piperidine rings is 2. The number of hydrogen-bond acceptors (Lipinski definition) is 3. The first-order valence-corrected chi connectivity index (χ1v) is 7.44. The van der Waals surface area contributed by atoms with Crippen LogP contribution in [0.3, 0.4) is 0 Å². The lowest BCUT2D eigenvalue weighted by Gasteiger charge is -2.46. The third-order valence-corrected chi connectivity index (χ3v) is 5.08. The van der Waals surface area contributed by atoms with Crippen LogP contribution in [0, 0.1) is 17.8 Å². The van der Waals surface area contributed by atoms with Gasteiger partial charge in [-0.15, -0.1) is 0 Å². The second kappa shape index (κ2) is 5.25. The van der Waals surface area contributed by atoms with E-state index >= 15 is 0 Å². The van der Waals surface area contributed by atoms with Gasteiger partial charge in [-0.2, -0.15) is 0 Å². The minimum absolute atomic E-state index is 0.00743. The van der Waals surface area contributed by atoms with Crippen molar-refractivity contribution in [3.63, 3.8) is 0 Å². The van der Waals surface area contributed by atoms with Gasteiger partial charge in [-0.3, -0.25) is 0 Å². The molecule has 3 fully saturated rings. The molecule has 0 aromatic carbocycles. The second-order valence-corrected chi connectivity index (χ2v) is 6.35. The number of hydrogen-bond donors (Lipinski definition) is 2. The minimum Gasteiger partial charge on any atom is -0.392 e. The largest absolute Gasteiger partial charge is 0.392 e. The van der Waals surface area contributed by atoms with Crippen molar-refractivity contribution in [2.45, 2.75) is 38.2 Å². The topological polar surface area (TPSA) is 35.5 Å². The molecule has 2 aliphatic heterocycles. The van der Waals surface area contributed by atoms with Crippen molar-refractivity contribution in [3.05, 3.63) is 0 Å². The van der Waals surface area contributed by atoms with E-state index in [-0.39, 0.29) is 6.10 Å². The Kier molecular flexibility index (Phi) is 3.69. The average Bonchev–Trinajstić information content (AvgIpc) is 2.32. The van der Waals surface area contributed by atoms with Gasteiger partial charge in [0.2, 0.25) is 0 Å². The predicted octanol–water partition coefficient (Wildman–Crippen LogP) is 1.08. The van der Waals surface area contributed by atoms with Crippen LogP contribution < -0.4 is 5.32 Å². The maximum Gasteiger partial charge on any atom is 0.0620 e. The molecule has 1 aliphatic carbocycles. The van der Waals surface area contributed by atoms with E-state index in [2.05, 4.69) is 10.2 Å². The molecule has 2 N–H and O–H groups in total. The smallest absolute Gasteiger partial charge is 0.0620 e. The lowest BCUT2D eigenvalue weighted by molar-refractivity contribution is -0.0536. The van der Waals surface area contributed by atoms with Crippen molar-refractivity contribution in [2.24, 2.45) is 17.8 Å². The Hall–Kier alpha value is -0.120. The van der Waals surface area contributed by atoms with Gasteiger partial charge in [0.1, 0.15) is 0 Å². The van der Waals surface area contributed by atoms with Crippen molar-refractivity contribution in [2.75, 3.05) is 32.7 Å². The molecular weight excluding hydrogens is 212 g/mol. The molecule has 98 valence electrons. The summed E-state index contributed by atoms with van der Waals surface area (Å²) in [6.45, 7) is 5.99. The van der Waals surface area contributed by atoms with E-state index in [4.69, 9.17) is 0 Å². The van der Waals surface area contributed by atoms with Crippen LogP contribution in [-0.4, -0.2) is 48.8 Å². The maximum atomic E-state index is 10.2. The highest BCUT2D eigenvalue weighted by Gasteiger charge is 2.38. The summed E-state index contributed by atoms with van der Waals surface area (Å²) in [6, 6.07) is 0. The van der Waals surface area contributed by atoms with E-state index < -0.39 is 0 Å². The Bertz CT molecular complexity index is 239. The van der Waals surface area contributed by atoms with Crippen LogP contribution >= 0.6 is 0 Å². The molecule has 0 aromatic rings. The summed E-state index contributed by atoms with van der Waals surface area (Å²) in [5, 5.41) is 13.6. The van der Waals surface area contributed by atoms with Crippen LogP contribution in [0.4, 0.5) is 0 Å². The predicted molar refractivity (Wildman–Crippen MR) is 68.9 cm³/mol. The number of aliphatic hydroxyl groups is 1. The quantitative estimate of drug-likeness (QED) is 0.755. The Labute approximate surface area is 105 Å². The van der Waals surface area contributed by atoms with Crippen molar-refractivity contribution in [3.8, 4) is 0 Å². The molecule has 3 rings (SSSR count). The summed E-state index contributed by atoms with van der Waals surface area (Å²) in [7, 11) is 0. The fourth-order valence-corrected chi connectivity index (χ4v) is 4.08. The van der Waals surface area contributed by atoms with Gasteiger partial charge in [-0.05, 0) is 56.5 Å². The number of aliphatic hydroxyl groups excluding tert-OH is 1. The minimum atomic E-state index is 0.00743. The second-order valence-electron chi connectivity index (χ2n) is 6.35. The zero-order chi connectivity index (χ0) is 11.7. The van der Waals surface area contributed by atoms with E-state index in [9.17, 15) is 5.11 Å². The fourth-order valence-electron chi connectivity index (χ4n) is 4.08. The number of nitrogens with zero attached hydrogens (tertiary/aromatic N) is 1. The summed E-state index contributed by atoms with van der Waals surface area (Å²) in [4.78, 5) is 2.65. The van der Waals surface area contributed by atoms with Gasteiger partial charge in [0, 0.05) is 19.6 Å². The zero-order valence-electron chi connectivity index (χ0n) is 10.8. The monoisotopic (exact) mass is 238 g/mol. The lowest BCUT2D eigenvalue weighted by atomic mass is 9.75. The summed E-state index contributed by atoms with van der Waals surface area (Å²) in [5.41, 5.74) is 0. The van der Waals surface area contributed by atoms with Crippen LogP contribution in [0.1, 0.15) is 32.1 Å². The van der Waals surface area contributed by atoms with Gasteiger partial charge < -0.3 is 15.3 Å². The molecule has 2 heterocycles. The van der Waals surface area contributed by atoms with Crippen LogP contribution in [0.2, 0.25) is 0 Å². The van der Waals surface area contributed by atoms with Crippen molar-refractivity contribution in [1.29, 1.82) is 0 Å². The molecule has 3 heteroatoms. The molecule has 0 spiro atoms. The van der Waals surface area contributed by atoms with Crippen molar-refractivity contribution >= 4 is 0 Å². The van der Waals surface area contributed by atoms with E-state index in [1.807, 2.05) is 0 Å². The summed E-state index contributed by atoms with van der Waals surface area (Å²) in [5.74, 6) is 2.04. The Morgan fingerprint density at radius 1 is 1.00 bits per heavy atom. The molecule has 0 unspecified atom stereocenters. The molecular formula is C14H26N2O. The highest BCUT2D eigenvalue weighted by atomic mass is 16.3. The lowest BCUT2D eigenvalue weighted by Crippen LogP contribution is -2.52. The highest BCUT2D eigenvalue weighted by Crippen LogP contribution is 2.35. The number of fused-ring (bicyclic) bond motifs is 2. The van der Waals surface area contributed by atoms with Crippen LogP contribution in [-0.2, 0) is 0 Å². The van der Waals surface area contributed by atoms with E-state index in [1.165, 1.54) is 51.7 Å². The molecule has 2 atom stereocenters. The number of likely N-dealkylation sites (tertiary alicyclic amines) is 1. The SMILES string of the molecule is OC1[C@H]2CCC[C@H]1CN(CC1CCNCC1)C2. The van der Waals surface area contributed by atoms with E-state index in [1.54, 1.807) is 0 Å². The molecule has 3 aliphatic rings. The molecule has 2 bridgehead atoms. The third kappa shape index (κ3) is 2.67. The molecule has 17 heavy (non-hydrogen) atoms. The molecule has 3 nitrogen and oxygen atoms in total. The average molecular weight is 238 g/mol. The Balaban J connectivity index is 1.54. The molecule has 0 amide bonds. The van der Waals surface area contributed by atoms with Crippen LogP contribution in [0.25, 0.3) is 0 Å². The summed E-state index contributed by atoms with van der Waals surface area (Å²) in [6.07, 6.45) is 6.53. The van der Waals surface area contributed by atoms with Gasteiger partial charge in [-0.25, -0.2) is 0 Å². The summed E-state index contributed by atoms with van der Waals surface area (Å²) >= 11 is 0. The van der Waals surface area contributed by atoms with E-state index in [0.717, 1.165) is 19.0 Å². The summed E-state index contributed by atoms with van der Waals surface area (Å²) < 4.78 is 0. The first-order chi connectivity index (χ1) is 8.33. The van der Waals surface area contributed by atoms with Crippen molar-refractivity contribution < 1.29 is 5.11 Å². The molecule has 0 radical (unpaired) electrons. The molecule has 1 saturated carbocycles. The first kappa shape index (κ1) is 11.9. The molecule has 0 aromatic heterocycles. The van der Waals surface area contributed by atoms with E-state index in [0.29, 0.717) is 11.8 Å². The van der Waals surface area contributed by atoms with Crippen molar-refractivity contribution in [1.82, 2.24) is 10.2 Å². The maximum absolute atomic E-state index is 10.2. The van der Waals surface area contributed by atoms with Gasteiger partial charge in [0.25, 0.3) is 0 Å². The normalized spacial score (nSPS) is 40.4. The number of rotatable bonds is 2. The fraction of sp³-hybridized carbons (Fsp3) is 1.00. The highest BCUT2D eigenvalue weighted by molar-refractivity contribution is 4.91. The Morgan fingerprint density at radius 2 is 1.65 bits per heavy atom. The van der Waals surface area contributed by atoms with Gasteiger partial charge in [0.15, 0.2) is 0 Å². The standard InChI is InChI=1S/C14H26N2O/c17-14-12-2-1-3-13(14)10-16(9-12)8-11-4-6-15-7-5-11/h11-15,17H,1-10H2/t12-,13-/m0/s1. The number of nitrogens with one attached hydrogen (secondary N) is 1. The Morgan fingerprint density at radius 3 is 2.29 bits per heavy atom. The zero-order valence-corrected chi connectivity index (χ0v) is 10.8. The van der Waals surface area contributed by atoms with Crippen LogP contribution in [0.5, 0.6) is 0 Å². The van der Waals surface area contributed by atoms with Gasteiger partial charge in [-0.1, -0.05) is 6.42 Å². The van der Waals surface area contributed by atoms with Gasteiger partial charge >= 0.3 is 0 Å². The van der Waals surface area contributed by atoms with Crippen LogP contribution in [0.15, 0.2) is 0 Å². The van der Waals surface area contributed by atoms with Gasteiger partial charge in [0.05, 0.1) is 6.10 Å². The molecule has 2 saturated heterocycles.